The van der Waals surface area contributed by atoms with Gasteiger partial charge in [-0.3, -0.25) is 4.98 Å². The molecule has 2 nitrogen and oxygen atoms in total. The molecule has 0 aromatic carbocycles. The third kappa shape index (κ3) is 1.92. The molecule has 4 fully saturated rings. The van der Waals surface area contributed by atoms with Gasteiger partial charge < -0.3 is 5.32 Å². The molecule has 4 bridgehead atoms. The maximum atomic E-state index is 4.33. The van der Waals surface area contributed by atoms with E-state index in [-0.39, 0.29) is 0 Å². The standard InChI is InChI=1S/C17H24N2/c1-18-17(13-3-2-4-19-10-13)16-14-6-11-5-12(8-14)9-15(16)7-11/h2-4,10-12,14-18H,5-9H2,1H3. The molecule has 1 atom stereocenters. The van der Waals surface area contributed by atoms with E-state index in [4.69, 9.17) is 0 Å². The smallest absolute Gasteiger partial charge is 0.0366 e. The molecule has 0 aliphatic heterocycles. The van der Waals surface area contributed by atoms with Gasteiger partial charge in [0.15, 0.2) is 0 Å². The summed E-state index contributed by atoms with van der Waals surface area (Å²) in [5.41, 5.74) is 1.39. The number of nitrogens with zero attached hydrogens (tertiary/aromatic N) is 1. The Morgan fingerprint density at radius 1 is 1.11 bits per heavy atom. The lowest BCUT2D eigenvalue weighted by Gasteiger charge is -2.56. The minimum atomic E-state index is 0.517. The van der Waals surface area contributed by atoms with Crippen molar-refractivity contribution in [3.63, 3.8) is 0 Å². The molecule has 4 aliphatic rings. The van der Waals surface area contributed by atoms with E-state index in [2.05, 4.69) is 35.7 Å². The first-order valence-electron chi connectivity index (χ1n) is 7.92. The molecule has 4 aliphatic carbocycles. The summed E-state index contributed by atoms with van der Waals surface area (Å²) in [6.07, 6.45) is 11.5. The maximum absolute atomic E-state index is 4.33. The fourth-order valence-electron chi connectivity index (χ4n) is 5.65. The van der Waals surface area contributed by atoms with Gasteiger partial charge in [-0.1, -0.05) is 6.07 Å². The molecule has 0 spiro atoms. The molecule has 2 heteroatoms. The number of aromatic nitrogens is 1. The molecular weight excluding hydrogens is 232 g/mol. The van der Waals surface area contributed by atoms with Gasteiger partial charge in [0.25, 0.3) is 0 Å². The number of hydrogen-bond donors (Lipinski definition) is 1. The monoisotopic (exact) mass is 256 g/mol. The van der Waals surface area contributed by atoms with E-state index in [1.54, 1.807) is 0 Å². The lowest BCUT2D eigenvalue weighted by atomic mass is 9.50. The van der Waals surface area contributed by atoms with Crippen LogP contribution in [0.2, 0.25) is 0 Å². The summed E-state index contributed by atoms with van der Waals surface area (Å²) >= 11 is 0. The highest BCUT2D eigenvalue weighted by Crippen LogP contribution is 2.59. The minimum absolute atomic E-state index is 0.517. The van der Waals surface area contributed by atoms with Crippen LogP contribution in [0.4, 0.5) is 0 Å². The van der Waals surface area contributed by atoms with Crippen LogP contribution in [0.15, 0.2) is 24.5 Å². The first kappa shape index (κ1) is 11.9. The predicted molar refractivity (Wildman–Crippen MR) is 76.6 cm³/mol. The first-order chi connectivity index (χ1) is 9.35. The van der Waals surface area contributed by atoms with Gasteiger partial charge >= 0.3 is 0 Å². The van der Waals surface area contributed by atoms with Crippen LogP contribution >= 0.6 is 0 Å². The quantitative estimate of drug-likeness (QED) is 0.896. The summed E-state index contributed by atoms with van der Waals surface area (Å²) in [4.78, 5) is 4.33. The largest absolute Gasteiger partial charge is 0.313 e. The Labute approximate surface area is 116 Å². The van der Waals surface area contributed by atoms with Crippen LogP contribution in [-0.2, 0) is 0 Å². The Morgan fingerprint density at radius 2 is 1.79 bits per heavy atom. The van der Waals surface area contributed by atoms with Gasteiger partial charge in [0.05, 0.1) is 0 Å². The van der Waals surface area contributed by atoms with Crippen molar-refractivity contribution < 1.29 is 0 Å². The molecule has 4 saturated carbocycles. The summed E-state index contributed by atoms with van der Waals surface area (Å²) < 4.78 is 0. The maximum Gasteiger partial charge on any atom is 0.0366 e. The van der Waals surface area contributed by atoms with E-state index in [0.717, 1.165) is 29.6 Å². The molecular formula is C17H24N2. The zero-order valence-corrected chi connectivity index (χ0v) is 11.8. The second kappa shape index (κ2) is 4.59. The number of hydrogen-bond acceptors (Lipinski definition) is 2. The van der Waals surface area contributed by atoms with E-state index in [1.807, 2.05) is 6.20 Å². The van der Waals surface area contributed by atoms with Crippen LogP contribution in [0.25, 0.3) is 0 Å². The molecule has 102 valence electrons. The highest BCUT2D eigenvalue weighted by Gasteiger charge is 2.50. The van der Waals surface area contributed by atoms with Crippen LogP contribution in [-0.4, -0.2) is 12.0 Å². The van der Waals surface area contributed by atoms with Crippen molar-refractivity contribution in [2.24, 2.45) is 29.6 Å². The Kier molecular flexibility index (Phi) is 2.87. The number of rotatable bonds is 3. The predicted octanol–water partition coefficient (Wildman–Crippen LogP) is 3.41. The van der Waals surface area contributed by atoms with Gasteiger partial charge in [0.1, 0.15) is 0 Å². The third-order valence-corrected chi connectivity index (χ3v) is 6.04. The van der Waals surface area contributed by atoms with Crippen molar-refractivity contribution in [2.75, 3.05) is 7.05 Å². The normalized spacial score (nSPS) is 41.4. The van der Waals surface area contributed by atoms with Crippen molar-refractivity contribution in [3.8, 4) is 0 Å². The second-order valence-electron chi connectivity index (χ2n) is 7.06. The van der Waals surface area contributed by atoms with Crippen molar-refractivity contribution in [2.45, 2.75) is 38.1 Å². The summed E-state index contributed by atoms with van der Waals surface area (Å²) in [5.74, 6) is 4.90. The Hall–Kier alpha value is -0.890. The van der Waals surface area contributed by atoms with Crippen LogP contribution in [0, 0.1) is 29.6 Å². The lowest BCUT2D eigenvalue weighted by Crippen LogP contribution is -2.49. The average Bonchev–Trinajstić information content (AvgIpc) is 2.43. The van der Waals surface area contributed by atoms with Crippen LogP contribution in [0.3, 0.4) is 0 Å². The van der Waals surface area contributed by atoms with E-state index < -0.39 is 0 Å². The van der Waals surface area contributed by atoms with Gasteiger partial charge in [-0.25, -0.2) is 0 Å². The average molecular weight is 256 g/mol. The molecule has 0 saturated heterocycles. The van der Waals surface area contributed by atoms with Crippen molar-refractivity contribution in [1.29, 1.82) is 0 Å². The van der Waals surface area contributed by atoms with Gasteiger partial charge in [0, 0.05) is 18.4 Å². The first-order valence-corrected chi connectivity index (χ1v) is 7.92. The summed E-state index contributed by atoms with van der Waals surface area (Å²) in [7, 11) is 2.13. The molecule has 19 heavy (non-hydrogen) atoms. The highest BCUT2D eigenvalue weighted by molar-refractivity contribution is 5.17. The summed E-state index contributed by atoms with van der Waals surface area (Å²) in [6, 6.07) is 4.85. The molecule has 1 N–H and O–H groups in total. The molecule has 0 amide bonds. The van der Waals surface area contributed by atoms with E-state index in [9.17, 15) is 0 Å². The zero-order chi connectivity index (χ0) is 12.8. The van der Waals surface area contributed by atoms with E-state index in [1.165, 1.54) is 37.7 Å². The summed E-state index contributed by atoms with van der Waals surface area (Å²) in [5, 5.41) is 3.61. The van der Waals surface area contributed by atoms with Crippen molar-refractivity contribution >= 4 is 0 Å². The van der Waals surface area contributed by atoms with Gasteiger partial charge in [-0.05, 0) is 80.4 Å². The number of pyridine rings is 1. The van der Waals surface area contributed by atoms with Crippen LogP contribution < -0.4 is 5.32 Å². The minimum Gasteiger partial charge on any atom is -0.313 e. The highest BCUT2D eigenvalue weighted by atomic mass is 14.9. The SMILES string of the molecule is CNC(c1cccnc1)C1C2CC3CC(C2)CC1C3. The summed E-state index contributed by atoms with van der Waals surface area (Å²) in [6.45, 7) is 0. The van der Waals surface area contributed by atoms with Crippen molar-refractivity contribution in [1.82, 2.24) is 10.3 Å². The molecule has 1 aromatic heterocycles. The van der Waals surface area contributed by atoms with Gasteiger partial charge in [-0.15, -0.1) is 0 Å². The Balaban J connectivity index is 1.64. The lowest BCUT2D eigenvalue weighted by molar-refractivity contribution is -0.0515. The second-order valence-corrected chi connectivity index (χ2v) is 7.06. The van der Waals surface area contributed by atoms with E-state index >= 15 is 0 Å². The topological polar surface area (TPSA) is 24.9 Å². The zero-order valence-electron chi connectivity index (χ0n) is 11.8. The van der Waals surface area contributed by atoms with Gasteiger partial charge in [0.2, 0.25) is 0 Å². The Morgan fingerprint density at radius 3 is 2.32 bits per heavy atom. The van der Waals surface area contributed by atoms with Gasteiger partial charge in [-0.2, -0.15) is 0 Å². The molecule has 5 rings (SSSR count). The van der Waals surface area contributed by atoms with Crippen LogP contribution in [0.5, 0.6) is 0 Å². The molecule has 1 heterocycles. The Bertz CT molecular complexity index is 414. The fraction of sp³-hybridized carbons (Fsp3) is 0.706. The van der Waals surface area contributed by atoms with Crippen LogP contribution in [0.1, 0.15) is 43.7 Å². The number of nitrogens with one attached hydrogen (secondary N) is 1. The fourth-order valence-corrected chi connectivity index (χ4v) is 5.65. The van der Waals surface area contributed by atoms with Crippen molar-refractivity contribution in [3.05, 3.63) is 30.1 Å². The van der Waals surface area contributed by atoms with E-state index in [0.29, 0.717) is 6.04 Å². The third-order valence-electron chi connectivity index (χ3n) is 6.04. The molecule has 0 radical (unpaired) electrons. The molecule has 1 aromatic rings. The molecule has 1 unspecified atom stereocenters.